The summed E-state index contributed by atoms with van der Waals surface area (Å²) in [6.45, 7) is 5.97. The normalized spacial score (nSPS) is 11.5. The van der Waals surface area contributed by atoms with Gasteiger partial charge in [0.1, 0.15) is 9.71 Å². The minimum absolute atomic E-state index is 0.251. The van der Waals surface area contributed by atoms with Crippen molar-refractivity contribution in [3.05, 3.63) is 16.6 Å². The number of carboxylic acids is 1. The Balaban J connectivity index is 2.70. The van der Waals surface area contributed by atoms with E-state index in [2.05, 4.69) is 5.10 Å². The van der Waals surface area contributed by atoms with E-state index in [0.29, 0.717) is 4.88 Å². The summed E-state index contributed by atoms with van der Waals surface area (Å²) in [7, 11) is 0. The van der Waals surface area contributed by atoms with Crippen LogP contribution in [0.2, 0.25) is 0 Å². The average molecular weight is 224 g/mol. The Hall–Kier alpha value is -1.36. The molecule has 1 N–H and O–H groups in total. The summed E-state index contributed by atoms with van der Waals surface area (Å²) in [6.07, 6.45) is 0. The lowest BCUT2D eigenvalue weighted by Crippen LogP contribution is -2.01. The van der Waals surface area contributed by atoms with Gasteiger partial charge in [-0.15, -0.1) is 11.3 Å². The zero-order valence-electron chi connectivity index (χ0n) is 8.81. The highest BCUT2D eigenvalue weighted by molar-refractivity contribution is 7.20. The van der Waals surface area contributed by atoms with E-state index in [1.807, 2.05) is 25.5 Å². The lowest BCUT2D eigenvalue weighted by Gasteiger charge is -2.04. The molecule has 2 heterocycles. The first kappa shape index (κ1) is 10.2. The van der Waals surface area contributed by atoms with Gasteiger partial charge in [-0.05, 0) is 26.8 Å². The molecule has 0 aliphatic rings. The Bertz CT molecular complexity index is 525. The highest BCUT2D eigenvalue weighted by Gasteiger charge is 2.16. The van der Waals surface area contributed by atoms with Crippen molar-refractivity contribution in [2.75, 3.05) is 0 Å². The van der Waals surface area contributed by atoms with Crippen LogP contribution in [0.25, 0.3) is 10.2 Å². The molecule has 4 nitrogen and oxygen atoms in total. The van der Waals surface area contributed by atoms with Crippen molar-refractivity contribution in [2.45, 2.75) is 26.8 Å². The van der Waals surface area contributed by atoms with Gasteiger partial charge in [-0.3, -0.25) is 4.68 Å². The van der Waals surface area contributed by atoms with Crippen molar-refractivity contribution in [1.82, 2.24) is 9.78 Å². The lowest BCUT2D eigenvalue weighted by atomic mass is 10.3. The third kappa shape index (κ3) is 1.52. The van der Waals surface area contributed by atoms with E-state index in [1.165, 1.54) is 11.3 Å². The number of rotatable bonds is 2. The zero-order valence-corrected chi connectivity index (χ0v) is 9.63. The van der Waals surface area contributed by atoms with Crippen LogP contribution < -0.4 is 0 Å². The molecule has 0 radical (unpaired) electrons. The number of aromatic carboxylic acids is 1. The van der Waals surface area contributed by atoms with Crippen LogP contribution in [0.4, 0.5) is 0 Å². The molecule has 0 aliphatic carbocycles. The largest absolute Gasteiger partial charge is 0.477 e. The summed E-state index contributed by atoms with van der Waals surface area (Å²) in [4.78, 5) is 12.2. The van der Waals surface area contributed by atoms with E-state index in [0.717, 1.165) is 15.9 Å². The number of aryl methyl sites for hydroxylation is 1. The van der Waals surface area contributed by atoms with Crippen molar-refractivity contribution in [2.24, 2.45) is 0 Å². The third-order valence-corrected chi connectivity index (χ3v) is 3.38. The molecule has 0 aromatic carbocycles. The van der Waals surface area contributed by atoms with E-state index in [-0.39, 0.29) is 6.04 Å². The molecule has 0 bridgehead atoms. The zero-order chi connectivity index (χ0) is 11.2. The van der Waals surface area contributed by atoms with Crippen molar-refractivity contribution >= 4 is 27.5 Å². The highest BCUT2D eigenvalue weighted by atomic mass is 32.1. The summed E-state index contributed by atoms with van der Waals surface area (Å²) in [5.74, 6) is -0.870. The molecular formula is C10H12N2O2S. The van der Waals surface area contributed by atoms with Gasteiger partial charge in [-0.2, -0.15) is 5.10 Å². The number of aromatic nitrogens is 2. The van der Waals surface area contributed by atoms with Crippen molar-refractivity contribution in [3.8, 4) is 0 Å². The standard InChI is InChI=1S/C10H12N2O2S/c1-5(2)12-9-7(6(3)11-12)4-8(15-9)10(13)14/h4-5H,1-3H3,(H,13,14). The molecule has 5 heteroatoms. The first-order valence-corrected chi connectivity index (χ1v) is 5.54. The van der Waals surface area contributed by atoms with Crippen LogP contribution in [0, 0.1) is 6.92 Å². The number of carbonyl (C=O) groups is 1. The van der Waals surface area contributed by atoms with E-state index >= 15 is 0 Å². The Morgan fingerprint density at radius 3 is 2.80 bits per heavy atom. The van der Waals surface area contributed by atoms with Gasteiger partial charge in [0.25, 0.3) is 0 Å². The third-order valence-electron chi connectivity index (χ3n) is 2.27. The molecule has 0 amide bonds. The number of thiophene rings is 1. The monoisotopic (exact) mass is 224 g/mol. The molecule has 0 saturated heterocycles. The van der Waals surface area contributed by atoms with Gasteiger partial charge in [0.2, 0.25) is 0 Å². The van der Waals surface area contributed by atoms with Crippen LogP contribution >= 0.6 is 11.3 Å². The summed E-state index contributed by atoms with van der Waals surface area (Å²) in [5.41, 5.74) is 0.891. The van der Waals surface area contributed by atoms with Gasteiger partial charge in [-0.25, -0.2) is 4.79 Å². The fourth-order valence-corrected chi connectivity index (χ4v) is 2.66. The topological polar surface area (TPSA) is 55.1 Å². The Morgan fingerprint density at radius 2 is 2.27 bits per heavy atom. The molecule has 2 aromatic heterocycles. The predicted octanol–water partition coefficient (Wildman–Crippen LogP) is 2.69. The first-order chi connectivity index (χ1) is 7.00. The van der Waals surface area contributed by atoms with Crippen LogP contribution in [-0.4, -0.2) is 20.9 Å². The van der Waals surface area contributed by atoms with Gasteiger partial charge in [0.15, 0.2) is 0 Å². The van der Waals surface area contributed by atoms with Crippen molar-refractivity contribution < 1.29 is 9.90 Å². The predicted molar refractivity (Wildman–Crippen MR) is 59.7 cm³/mol. The molecule has 0 unspecified atom stereocenters. The summed E-state index contributed by atoms with van der Waals surface area (Å²) in [5, 5.41) is 14.2. The number of fused-ring (bicyclic) bond motifs is 1. The Kier molecular flexibility index (Phi) is 2.26. The average Bonchev–Trinajstić information content (AvgIpc) is 2.66. The molecule has 0 fully saturated rings. The molecule has 2 rings (SSSR count). The van der Waals surface area contributed by atoms with Crippen LogP contribution in [-0.2, 0) is 0 Å². The van der Waals surface area contributed by atoms with Gasteiger partial charge in [0, 0.05) is 11.4 Å². The van der Waals surface area contributed by atoms with E-state index in [9.17, 15) is 4.79 Å². The maximum Gasteiger partial charge on any atom is 0.345 e. The molecule has 15 heavy (non-hydrogen) atoms. The van der Waals surface area contributed by atoms with Gasteiger partial charge in [0.05, 0.1) is 5.69 Å². The summed E-state index contributed by atoms with van der Waals surface area (Å²) >= 11 is 1.28. The number of hydrogen-bond acceptors (Lipinski definition) is 3. The van der Waals surface area contributed by atoms with Crippen molar-refractivity contribution in [1.29, 1.82) is 0 Å². The molecule has 0 saturated carbocycles. The van der Waals surface area contributed by atoms with Gasteiger partial charge < -0.3 is 5.11 Å². The molecule has 2 aromatic rings. The second-order valence-electron chi connectivity index (χ2n) is 3.76. The van der Waals surface area contributed by atoms with Crippen LogP contribution in [0.3, 0.4) is 0 Å². The number of nitrogens with zero attached hydrogens (tertiary/aromatic N) is 2. The van der Waals surface area contributed by atoms with Crippen LogP contribution in [0.5, 0.6) is 0 Å². The maximum atomic E-state index is 10.8. The molecule has 0 spiro atoms. The van der Waals surface area contributed by atoms with Crippen LogP contribution in [0.1, 0.15) is 35.3 Å². The van der Waals surface area contributed by atoms with Crippen molar-refractivity contribution in [3.63, 3.8) is 0 Å². The molecule has 80 valence electrons. The maximum absolute atomic E-state index is 10.8. The first-order valence-electron chi connectivity index (χ1n) is 4.72. The molecule has 0 atom stereocenters. The summed E-state index contributed by atoms with van der Waals surface area (Å²) < 4.78 is 1.88. The van der Waals surface area contributed by atoms with Gasteiger partial charge >= 0.3 is 5.97 Å². The lowest BCUT2D eigenvalue weighted by molar-refractivity contribution is 0.0702. The van der Waals surface area contributed by atoms with E-state index < -0.39 is 5.97 Å². The second-order valence-corrected chi connectivity index (χ2v) is 4.79. The number of carboxylic acid groups (broad SMARTS) is 1. The van der Waals surface area contributed by atoms with E-state index in [1.54, 1.807) is 6.07 Å². The highest BCUT2D eigenvalue weighted by Crippen LogP contribution is 2.29. The molecular weight excluding hydrogens is 212 g/mol. The van der Waals surface area contributed by atoms with Crippen LogP contribution in [0.15, 0.2) is 6.07 Å². The SMILES string of the molecule is Cc1nn(C(C)C)c2sc(C(=O)O)cc12. The van der Waals surface area contributed by atoms with Gasteiger partial charge in [-0.1, -0.05) is 0 Å². The Morgan fingerprint density at radius 1 is 1.60 bits per heavy atom. The second kappa shape index (κ2) is 3.34. The smallest absolute Gasteiger partial charge is 0.345 e. The van der Waals surface area contributed by atoms with E-state index in [4.69, 9.17) is 5.11 Å². The Labute approximate surface area is 91.1 Å². The fourth-order valence-electron chi connectivity index (χ4n) is 1.53. The number of hydrogen-bond donors (Lipinski definition) is 1. The minimum atomic E-state index is -0.870. The minimum Gasteiger partial charge on any atom is -0.477 e. The fraction of sp³-hybridized carbons (Fsp3) is 0.400. The summed E-state index contributed by atoms with van der Waals surface area (Å²) in [6, 6.07) is 1.95. The molecule has 0 aliphatic heterocycles. The quantitative estimate of drug-likeness (QED) is 0.853.